The van der Waals surface area contributed by atoms with E-state index in [-0.39, 0.29) is 18.6 Å². The highest BCUT2D eigenvalue weighted by atomic mass is 16.3. The summed E-state index contributed by atoms with van der Waals surface area (Å²) in [6.07, 6.45) is 1.60. The molecule has 0 aliphatic heterocycles. The number of carbonyl (C=O) groups is 1. The molecule has 1 N–H and O–H groups in total. The fraction of sp³-hybridized carbons (Fsp3) is 0.500. The van der Waals surface area contributed by atoms with E-state index in [0.29, 0.717) is 5.69 Å². The molecule has 0 saturated heterocycles. The lowest BCUT2D eigenvalue weighted by molar-refractivity contribution is 0.0822. The van der Waals surface area contributed by atoms with Gasteiger partial charge < -0.3 is 14.9 Å². The SMILES string of the molecule is CC(CO)N(C)c1ccnc(C(=O)N(C)C)c1. The van der Waals surface area contributed by atoms with Gasteiger partial charge in [-0.05, 0) is 19.1 Å². The fourth-order valence-corrected chi connectivity index (χ4v) is 1.36. The Hall–Kier alpha value is -1.62. The van der Waals surface area contributed by atoms with Gasteiger partial charge in [0.1, 0.15) is 5.69 Å². The number of aliphatic hydroxyl groups excluding tert-OH is 1. The molecule has 1 amide bonds. The molecule has 0 aliphatic carbocycles. The zero-order valence-electron chi connectivity index (χ0n) is 10.7. The van der Waals surface area contributed by atoms with Crippen molar-refractivity contribution < 1.29 is 9.90 Å². The first-order chi connectivity index (χ1) is 7.97. The summed E-state index contributed by atoms with van der Waals surface area (Å²) < 4.78 is 0. The summed E-state index contributed by atoms with van der Waals surface area (Å²) in [4.78, 5) is 19.2. The van der Waals surface area contributed by atoms with Gasteiger partial charge in [-0.2, -0.15) is 0 Å². The number of nitrogens with zero attached hydrogens (tertiary/aromatic N) is 3. The number of aliphatic hydroxyl groups is 1. The third kappa shape index (κ3) is 3.17. The Morgan fingerprint density at radius 2 is 2.12 bits per heavy atom. The summed E-state index contributed by atoms with van der Waals surface area (Å²) in [5, 5.41) is 9.10. The monoisotopic (exact) mass is 237 g/mol. The van der Waals surface area contributed by atoms with Gasteiger partial charge in [-0.3, -0.25) is 9.78 Å². The molecule has 0 radical (unpaired) electrons. The minimum atomic E-state index is -0.128. The lowest BCUT2D eigenvalue weighted by Crippen LogP contribution is -2.32. The van der Waals surface area contributed by atoms with Gasteiger partial charge in [0.05, 0.1) is 6.61 Å². The van der Waals surface area contributed by atoms with E-state index in [9.17, 15) is 4.79 Å². The second kappa shape index (κ2) is 5.63. The van der Waals surface area contributed by atoms with Crippen molar-refractivity contribution in [2.75, 3.05) is 32.6 Å². The van der Waals surface area contributed by atoms with Gasteiger partial charge in [0.2, 0.25) is 0 Å². The van der Waals surface area contributed by atoms with Gasteiger partial charge in [0.15, 0.2) is 0 Å². The predicted octanol–water partition coefficient (Wildman–Crippen LogP) is 0.600. The Morgan fingerprint density at radius 1 is 1.47 bits per heavy atom. The first-order valence-electron chi connectivity index (χ1n) is 5.48. The van der Waals surface area contributed by atoms with Crippen LogP contribution in [-0.4, -0.2) is 54.7 Å². The van der Waals surface area contributed by atoms with Crippen molar-refractivity contribution in [3.63, 3.8) is 0 Å². The predicted molar refractivity (Wildman–Crippen MR) is 67.2 cm³/mol. The van der Waals surface area contributed by atoms with Gasteiger partial charge in [0.25, 0.3) is 5.91 Å². The van der Waals surface area contributed by atoms with Crippen LogP contribution < -0.4 is 4.90 Å². The lowest BCUT2D eigenvalue weighted by atomic mass is 10.2. The molecule has 1 heterocycles. The van der Waals surface area contributed by atoms with Crippen molar-refractivity contribution in [3.8, 4) is 0 Å². The molecule has 0 fully saturated rings. The molecule has 1 aromatic rings. The zero-order chi connectivity index (χ0) is 13.0. The Bertz CT molecular complexity index is 393. The van der Waals surface area contributed by atoms with Gasteiger partial charge in [0, 0.05) is 39.1 Å². The second-order valence-corrected chi connectivity index (χ2v) is 4.24. The van der Waals surface area contributed by atoms with E-state index in [1.807, 2.05) is 24.9 Å². The number of hydrogen-bond donors (Lipinski definition) is 1. The summed E-state index contributed by atoms with van der Waals surface area (Å²) in [6.45, 7) is 1.98. The molecule has 0 spiro atoms. The van der Waals surface area contributed by atoms with E-state index < -0.39 is 0 Å². The van der Waals surface area contributed by atoms with E-state index in [1.54, 1.807) is 26.4 Å². The van der Waals surface area contributed by atoms with Gasteiger partial charge in [-0.1, -0.05) is 0 Å². The smallest absolute Gasteiger partial charge is 0.272 e. The van der Waals surface area contributed by atoms with Crippen LogP contribution in [0.1, 0.15) is 17.4 Å². The van der Waals surface area contributed by atoms with Crippen LogP contribution in [0.5, 0.6) is 0 Å². The Kier molecular flexibility index (Phi) is 4.45. The first-order valence-corrected chi connectivity index (χ1v) is 5.48. The Morgan fingerprint density at radius 3 is 2.65 bits per heavy atom. The molecular weight excluding hydrogens is 218 g/mol. The first kappa shape index (κ1) is 13.4. The minimum Gasteiger partial charge on any atom is -0.394 e. The average molecular weight is 237 g/mol. The maximum Gasteiger partial charge on any atom is 0.272 e. The van der Waals surface area contributed by atoms with Crippen LogP contribution in [0.2, 0.25) is 0 Å². The van der Waals surface area contributed by atoms with Crippen molar-refractivity contribution in [2.24, 2.45) is 0 Å². The largest absolute Gasteiger partial charge is 0.394 e. The van der Waals surface area contributed by atoms with Crippen molar-refractivity contribution in [3.05, 3.63) is 24.0 Å². The summed E-state index contributed by atoms with van der Waals surface area (Å²) >= 11 is 0. The van der Waals surface area contributed by atoms with Gasteiger partial charge in [-0.15, -0.1) is 0 Å². The number of carbonyl (C=O) groups excluding carboxylic acids is 1. The third-order valence-corrected chi connectivity index (χ3v) is 2.70. The summed E-state index contributed by atoms with van der Waals surface area (Å²) in [5.41, 5.74) is 1.27. The van der Waals surface area contributed by atoms with Crippen molar-refractivity contribution >= 4 is 11.6 Å². The normalized spacial score (nSPS) is 12.1. The molecule has 17 heavy (non-hydrogen) atoms. The second-order valence-electron chi connectivity index (χ2n) is 4.24. The molecule has 0 aliphatic rings. The highest BCUT2D eigenvalue weighted by molar-refractivity contribution is 5.92. The molecule has 94 valence electrons. The highest BCUT2D eigenvalue weighted by Gasteiger charge is 2.13. The van der Waals surface area contributed by atoms with Gasteiger partial charge in [-0.25, -0.2) is 0 Å². The molecule has 5 heteroatoms. The van der Waals surface area contributed by atoms with Crippen LogP contribution in [0.4, 0.5) is 5.69 Å². The molecule has 1 rings (SSSR count). The number of likely N-dealkylation sites (N-methyl/N-ethyl adjacent to an activating group) is 1. The van der Waals surface area contributed by atoms with Crippen molar-refractivity contribution in [2.45, 2.75) is 13.0 Å². The number of anilines is 1. The standard InChI is InChI=1S/C12H19N3O2/c1-9(8-16)15(4)10-5-6-13-11(7-10)12(17)14(2)3/h5-7,9,16H,8H2,1-4H3. The molecule has 5 nitrogen and oxygen atoms in total. The molecule has 1 unspecified atom stereocenters. The van der Waals surface area contributed by atoms with Crippen molar-refractivity contribution in [1.82, 2.24) is 9.88 Å². The van der Waals surface area contributed by atoms with Gasteiger partial charge >= 0.3 is 0 Å². The van der Waals surface area contributed by atoms with Crippen LogP contribution >= 0.6 is 0 Å². The topological polar surface area (TPSA) is 56.7 Å². The molecule has 1 aromatic heterocycles. The maximum atomic E-state index is 11.8. The summed E-state index contributed by atoms with van der Waals surface area (Å²) in [6, 6.07) is 3.55. The van der Waals surface area contributed by atoms with E-state index in [0.717, 1.165) is 5.69 Å². The van der Waals surface area contributed by atoms with E-state index in [4.69, 9.17) is 5.11 Å². The van der Waals surface area contributed by atoms with Crippen LogP contribution in [0, 0.1) is 0 Å². The van der Waals surface area contributed by atoms with Crippen LogP contribution in [0.25, 0.3) is 0 Å². The molecule has 0 aromatic carbocycles. The number of hydrogen-bond acceptors (Lipinski definition) is 4. The lowest BCUT2D eigenvalue weighted by Gasteiger charge is -2.25. The Labute approximate surface area is 102 Å². The highest BCUT2D eigenvalue weighted by Crippen LogP contribution is 2.15. The number of aromatic nitrogens is 1. The summed E-state index contributed by atoms with van der Waals surface area (Å²) in [7, 11) is 5.26. The Balaban J connectivity index is 2.97. The molecule has 0 saturated carbocycles. The number of pyridine rings is 1. The number of rotatable bonds is 4. The van der Waals surface area contributed by atoms with Crippen LogP contribution in [0.3, 0.4) is 0 Å². The molecular formula is C12H19N3O2. The fourth-order valence-electron chi connectivity index (χ4n) is 1.36. The third-order valence-electron chi connectivity index (χ3n) is 2.70. The minimum absolute atomic E-state index is 0.000270. The van der Waals surface area contributed by atoms with Crippen LogP contribution in [-0.2, 0) is 0 Å². The molecule has 1 atom stereocenters. The zero-order valence-corrected chi connectivity index (χ0v) is 10.7. The molecule has 0 bridgehead atoms. The van der Waals surface area contributed by atoms with E-state index in [1.165, 1.54) is 4.90 Å². The summed E-state index contributed by atoms with van der Waals surface area (Å²) in [5.74, 6) is -0.128. The van der Waals surface area contributed by atoms with Crippen molar-refractivity contribution in [1.29, 1.82) is 0 Å². The van der Waals surface area contributed by atoms with Crippen LogP contribution in [0.15, 0.2) is 18.3 Å². The van der Waals surface area contributed by atoms with E-state index in [2.05, 4.69) is 4.98 Å². The maximum absolute atomic E-state index is 11.8. The quantitative estimate of drug-likeness (QED) is 0.833. The van der Waals surface area contributed by atoms with E-state index >= 15 is 0 Å². The number of amides is 1. The average Bonchev–Trinajstić information content (AvgIpc) is 2.35.